The second-order valence-electron chi connectivity index (χ2n) is 4.41. The lowest BCUT2D eigenvalue weighted by atomic mass is 10.1. The van der Waals surface area contributed by atoms with Crippen LogP contribution in [0.2, 0.25) is 5.02 Å². The number of anilines is 1. The van der Waals surface area contributed by atoms with Crippen LogP contribution in [0.5, 0.6) is 5.75 Å². The number of nitriles is 1. The number of para-hydroxylation sites is 1. The van der Waals surface area contributed by atoms with Crippen molar-refractivity contribution < 1.29 is 9.53 Å². The number of aryl methyl sites for hydroxylation is 1. The zero-order valence-corrected chi connectivity index (χ0v) is 12.4. The maximum Gasteiger partial charge on any atom is 0.256 e. The van der Waals surface area contributed by atoms with E-state index in [4.69, 9.17) is 21.6 Å². The Kier molecular flexibility index (Phi) is 4.46. The van der Waals surface area contributed by atoms with E-state index in [0.29, 0.717) is 27.6 Å². The highest BCUT2D eigenvalue weighted by molar-refractivity contribution is 6.30. The molecule has 106 valence electrons. The molecule has 0 saturated heterocycles. The number of methoxy groups -OCH3 is 1. The van der Waals surface area contributed by atoms with E-state index in [9.17, 15) is 4.79 Å². The molecule has 1 amide bonds. The summed E-state index contributed by atoms with van der Waals surface area (Å²) in [5, 5.41) is 12.4. The van der Waals surface area contributed by atoms with E-state index < -0.39 is 0 Å². The minimum Gasteiger partial charge on any atom is -0.495 e. The molecule has 1 N–H and O–H groups in total. The van der Waals surface area contributed by atoms with Crippen molar-refractivity contribution in [2.24, 2.45) is 0 Å². The van der Waals surface area contributed by atoms with Gasteiger partial charge in [-0.1, -0.05) is 17.7 Å². The van der Waals surface area contributed by atoms with Crippen molar-refractivity contribution in [3.05, 3.63) is 58.1 Å². The quantitative estimate of drug-likeness (QED) is 0.938. The first kappa shape index (κ1) is 14.9. The second kappa shape index (κ2) is 6.29. The maximum absolute atomic E-state index is 12.4. The molecular formula is C16H13ClN2O2. The van der Waals surface area contributed by atoms with E-state index in [2.05, 4.69) is 5.32 Å². The Bertz CT molecular complexity index is 736. The maximum atomic E-state index is 12.4. The first-order chi connectivity index (χ1) is 10.1. The van der Waals surface area contributed by atoms with Gasteiger partial charge < -0.3 is 10.1 Å². The van der Waals surface area contributed by atoms with Crippen LogP contribution in [0, 0.1) is 18.3 Å². The molecular weight excluding hydrogens is 288 g/mol. The van der Waals surface area contributed by atoms with E-state index in [1.54, 1.807) is 43.3 Å². The van der Waals surface area contributed by atoms with Crippen LogP contribution in [0.3, 0.4) is 0 Å². The van der Waals surface area contributed by atoms with Crippen LogP contribution in [-0.2, 0) is 0 Å². The lowest BCUT2D eigenvalue weighted by molar-refractivity contribution is 0.102. The van der Waals surface area contributed by atoms with Crippen molar-refractivity contribution in [2.45, 2.75) is 6.92 Å². The first-order valence-electron chi connectivity index (χ1n) is 6.21. The average Bonchev–Trinajstić information content (AvgIpc) is 2.47. The van der Waals surface area contributed by atoms with Crippen LogP contribution in [0.25, 0.3) is 0 Å². The van der Waals surface area contributed by atoms with Crippen LogP contribution < -0.4 is 10.1 Å². The molecule has 0 aromatic heterocycles. The van der Waals surface area contributed by atoms with Gasteiger partial charge in [0, 0.05) is 10.6 Å². The van der Waals surface area contributed by atoms with Crippen molar-refractivity contribution in [2.75, 3.05) is 12.4 Å². The summed E-state index contributed by atoms with van der Waals surface area (Å²) in [5.74, 6) is 0.124. The minimum absolute atomic E-state index is 0.315. The van der Waals surface area contributed by atoms with Crippen LogP contribution >= 0.6 is 11.6 Å². The van der Waals surface area contributed by atoms with Gasteiger partial charge in [-0.3, -0.25) is 4.79 Å². The number of amides is 1. The number of hydrogen-bond acceptors (Lipinski definition) is 3. The van der Waals surface area contributed by atoms with Crippen molar-refractivity contribution >= 4 is 23.2 Å². The zero-order valence-electron chi connectivity index (χ0n) is 11.6. The topological polar surface area (TPSA) is 62.1 Å². The Hall–Kier alpha value is -2.51. The van der Waals surface area contributed by atoms with Crippen LogP contribution in [0.1, 0.15) is 21.5 Å². The molecule has 0 fully saturated rings. The van der Waals surface area contributed by atoms with Gasteiger partial charge in [0.15, 0.2) is 0 Å². The third kappa shape index (κ3) is 3.15. The Balaban J connectivity index is 2.38. The number of nitrogens with one attached hydrogen (secondary N) is 1. The van der Waals surface area contributed by atoms with Crippen molar-refractivity contribution in [1.29, 1.82) is 5.26 Å². The Morgan fingerprint density at radius 2 is 2.10 bits per heavy atom. The van der Waals surface area contributed by atoms with Gasteiger partial charge in [-0.2, -0.15) is 5.26 Å². The van der Waals surface area contributed by atoms with Gasteiger partial charge >= 0.3 is 0 Å². The number of carbonyl (C=O) groups is 1. The average molecular weight is 301 g/mol. The predicted molar refractivity (Wildman–Crippen MR) is 81.9 cm³/mol. The van der Waals surface area contributed by atoms with Crippen molar-refractivity contribution in [1.82, 2.24) is 0 Å². The lowest BCUT2D eigenvalue weighted by Gasteiger charge is -2.12. The highest BCUT2D eigenvalue weighted by Gasteiger charge is 2.15. The summed E-state index contributed by atoms with van der Waals surface area (Å²) in [5.41, 5.74) is 1.96. The van der Waals surface area contributed by atoms with E-state index in [1.165, 1.54) is 7.11 Å². The predicted octanol–water partition coefficient (Wildman–Crippen LogP) is 3.78. The number of benzene rings is 2. The first-order valence-corrected chi connectivity index (χ1v) is 6.59. The molecule has 0 aliphatic heterocycles. The number of nitrogens with zero attached hydrogens (tertiary/aromatic N) is 1. The molecule has 0 bridgehead atoms. The number of carbonyl (C=O) groups excluding carboxylic acids is 1. The molecule has 0 heterocycles. The van der Waals surface area contributed by atoms with Gasteiger partial charge in [-0.25, -0.2) is 0 Å². The molecule has 0 unspecified atom stereocenters. The largest absolute Gasteiger partial charge is 0.495 e. The molecule has 5 heteroatoms. The van der Waals surface area contributed by atoms with Gasteiger partial charge in [0.2, 0.25) is 0 Å². The molecule has 0 spiro atoms. The Morgan fingerprint density at radius 3 is 2.71 bits per heavy atom. The van der Waals surface area contributed by atoms with Crippen molar-refractivity contribution in [3.8, 4) is 11.8 Å². The summed E-state index contributed by atoms with van der Waals surface area (Å²) in [6, 6.07) is 12.0. The standard InChI is InChI=1S/C16H13ClN2O2/c1-10-8-12(17)6-7-13(10)16(20)19-15-11(9-18)4-3-5-14(15)21-2/h3-8H,1-2H3,(H,19,20). The Labute approximate surface area is 127 Å². The normalized spacial score (nSPS) is 9.81. The third-order valence-electron chi connectivity index (χ3n) is 3.04. The number of rotatable bonds is 3. The fourth-order valence-corrected chi connectivity index (χ4v) is 2.21. The molecule has 0 atom stereocenters. The molecule has 2 aromatic rings. The lowest BCUT2D eigenvalue weighted by Crippen LogP contribution is -2.15. The highest BCUT2D eigenvalue weighted by atomic mass is 35.5. The summed E-state index contributed by atoms with van der Waals surface area (Å²) in [7, 11) is 1.49. The monoisotopic (exact) mass is 300 g/mol. The van der Waals surface area contributed by atoms with Crippen LogP contribution in [0.4, 0.5) is 5.69 Å². The number of hydrogen-bond donors (Lipinski definition) is 1. The number of halogens is 1. The molecule has 0 saturated carbocycles. The van der Waals surface area contributed by atoms with Gasteiger partial charge in [-0.15, -0.1) is 0 Å². The summed E-state index contributed by atoms with van der Waals surface area (Å²) in [6.45, 7) is 1.80. The van der Waals surface area contributed by atoms with E-state index in [0.717, 1.165) is 5.56 Å². The molecule has 21 heavy (non-hydrogen) atoms. The molecule has 2 rings (SSSR count). The molecule has 2 aromatic carbocycles. The summed E-state index contributed by atoms with van der Waals surface area (Å²) < 4.78 is 5.19. The highest BCUT2D eigenvalue weighted by Crippen LogP contribution is 2.28. The zero-order chi connectivity index (χ0) is 15.4. The number of ether oxygens (including phenoxy) is 1. The van der Waals surface area contributed by atoms with Gasteiger partial charge in [0.05, 0.1) is 12.7 Å². The molecule has 0 aliphatic carbocycles. The molecule has 4 nitrogen and oxygen atoms in total. The van der Waals surface area contributed by atoms with Crippen LogP contribution in [-0.4, -0.2) is 13.0 Å². The van der Waals surface area contributed by atoms with E-state index in [-0.39, 0.29) is 5.91 Å². The van der Waals surface area contributed by atoms with E-state index >= 15 is 0 Å². The summed E-state index contributed by atoms with van der Waals surface area (Å²) >= 11 is 5.88. The smallest absolute Gasteiger partial charge is 0.256 e. The van der Waals surface area contributed by atoms with Gasteiger partial charge in [-0.05, 0) is 42.8 Å². The molecule has 0 radical (unpaired) electrons. The van der Waals surface area contributed by atoms with E-state index in [1.807, 2.05) is 6.07 Å². The third-order valence-corrected chi connectivity index (χ3v) is 3.27. The second-order valence-corrected chi connectivity index (χ2v) is 4.84. The summed E-state index contributed by atoms with van der Waals surface area (Å²) in [6.07, 6.45) is 0. The van der Waals surface area contributed by atoms with Gasteiger partial charge in [0.1, 0.15) is 17.5 Å². The molecule has 0 aliphatic rings. The fourth-order valence-electron chi connectivity index (χ4n) is 1.99. The summed E-state index contributed by atoms with van der Waals surface area (Å²) in [4.78, 5) is 12.4. The van der Waals surface area contributed by atoms with Crippen molar-refractivity contribution in [3.63, 3.8) is 0 Å². The Morgan fingerprint density at radius 1 is 1.33 bits per heavy atom. The SMILES string of the molecule is COc1cccc(C#N)c1NC(=O)c1ccc(Cl)cc1C. The van der Waals surface area contributed by atoms with Gasteiger partial charge in [0.25, 0.3) is 5.91 Å². The minimum atomic E-state index is -0.315. The fraction of sp³-hybridized carbons (Fsp3) is 0.125. The van der Waals surface area contributed by atoms with Crippen LogP contribution in [0.15, 0.2) is 36.4 Å².